The van der Waals surface area contributed by atoms with Gasteiger partial charge in [0.15, 0.2) is 0 Å². The largest absolute Gasteiger partial charge is 0.342 e. The van der Waals surface area contributed by atoms with Gasteiger partial charge >= 0.3 is 4.87 Å². The normalized spacial score (nSPS) is 10.7. The number of nitrogens with zero attached hydrogens (tertiary/aromatic N) is 2. The van der Waals surface area contributed by atoms with Gasteiger partial charge in [0.2, 0.25) is 5.91 Å². The topological polar surface area (TPSA) is 42.3 Å². The van der Waals surface area contributed by atoms with E-state index in [1.165, 1.54) is 16.7 Å². The molecule has 1 heterocycles. The van der Waals surface area contributed by atoms with E-state index in [0.717, 1.165) is 21.8 Å². The second-order valence-corrected chi connectivity index (χ2v) is 6.10. The Morgan fingerprint density at radius 1 is 1.23 bits per heavy atom. The summed E-state index contributed by atoms with van der Waals surface area (Å²) in [6.45, 7) is 6.88. The van der Waals surface area contributed by atoms with E-state index in [4.69, 9.17) is 0 Å². The molecule has 0 aliphatic heterocycles. The summed E-state index contributed by atoms with van der Waals surface area (Å²) in [7, 11) is 0. The molecule has 2 rings (SSSR count). The fraction of sp³-hybridized carbons (Fsp3) is 0.375. The van der Waals surface area contributed by atoms with Crippen LogP contribution in [0.1, 0.15) is 18.7 Å². The minimum atomic E-state index is -0.329. The van der Waals surface area contributed by atoms with E-state index in [2.05, 4.69) is 0 Å². The molecule has 1 aromatic carbocycles. The Morgan fingerprint density at radius 2 is 1.82 bits per heavy atom. The maximum Gasteiger partial charge on any atom is 0.308 e. The zero-order valence-electron chi connectivity index (χ0n) is 12.9. The number of carbonyl (C=O) groups is 1. The molecule has 0 aliphatic rings. The Labute approximate surface area is 132 Å². The number of carbonyl (C=O) groups excluding carboxylic acids is 1. The van der Waals surface area contributed by atoms with Crippen LogP contribution in [-0.2, 0) is 11.3 Å². The third-order valence-corrected chi connectivity index (χ3v) is 4.49. The molecule has 1 amide bonds. The number of benzene rings is 1. The zero-order chi connectivity index (χ0) is 16.3. The molecule has 0 fully saturated rings. The first kappa shape index (κ1) is 16.4. The summed E-state index contributed by atoms with van der Waals surface area (Å²) in [6, 6.07) is 5.96. The summed E-state index contributed by atoms with van der Waals surface area (Å²) in [5, 5.41) is 0. The molecule has 0 bridgehead atoms. The first-order chi connectivity index (χ1) is 10.5. The van der Waals surface area contributed by atoms with Gasteiger partial charge in [0, 0.05) is 18.0 Å². The molecule has 6 heteroatoms. The van der Waals surface area contributed by atoms with Gasteiger partial charge in [-0.3, -0.25) is 14.2 Å². The summed E-state index contributed by atoms with van der Waals surface area (Å²) in [6.07, 6.45) is 0. The number of halogens is 1. The van der Waals surface area contributed by atoms with Crippen molar-refractivity contribution >= 4 is 17.2 Å². The molecule has 2 aromatic rings. The lowest BCUT2D eigenvalue weighted by Crippen LogP contribution is -2.35. The van der Waals surface area contributed by atoms with Gasteiger partial charge in [0.1, 0.15) is 12.4 Å². The Kier molecular flexibility index (Phi) is 5.13. The Balaban J connectivity index is 2.42. The average molecular weight is 322 g/mol. The molecule has 0 unspecified atom stereocenters. The van der Waals surface area contributed by atoms with Crippen LogP contribution in [0.15, 0.2) is 29.1 Å². The van der Waals surface area contributed by atoms with E-state index in [0.29, 0.717) is 18.8 Å². The molecular formula is C16H19FN2O2S. The van der Waals surface area contributed by atoms with Crippen molar-refractivity contribution in [3.63, 3.8) is 0 Å². The van der Waals surface area contributed by atoms with Crippen LogP contribution in [0.25, 0.3) is 11.3 Å². The molecule has 0 saturated carbocycles. The van der Waals surface area contributed by atoms with Crippen LogP contribution in [0, 0.1) is 12.7 Å². The van der Waals surface area contributed by atoms with Crippen LogP contribution in [-0.4, -0.2) is 28.5 Å². The van der Waals surface area contributed by atoms with E-state index in [1.807, 2.05) is 20.8 Å². The zero-order valence-corrected chi connectivity index (χ0v) is 13.7. The minimum absolute atomic E-state index is 0.0115. The molecule has 0 aliphatic carbocycles. The van der Waals surface area contributed by atoms with E-state index in [1.54, 1.807) is 17.0 Å². The van der Waals surface area contributed by atoms with Crippen LogP contribution >= 0.6 is 11.3 Å². The van der Waals surface area contributed by atoms with Gasteiger partial charge < -0.3 is 4.90 Å². The Hall–Kier alpha value is -1.95. The lowest BCUT2D eigenvalue weighted by Gasteiger charge is -2.19. The maximum absolute atomic E-state index is 13.1. The lowest BCUT2D eigenvalue weighted by atomic mass is 10.1. The molecule has 0 radical (unpaired) electrons. The van der Waals surface area contributed by atoms with Gasteiger partial charge in [0.25, 0.3) is 0 Å². The molecule has 22 heavy (non-hydrogen) atoms. The lowest BCUT2D eigenvalue weighted by molar-refractivity contribution is -0.131. The van der Waals surface area contributed by atoms with Crippen molar-refractivity contribution in [1.29, 1.82) is 0 Å². The summed E-state index contributed by atoms with van der Waals surface area (Å²) >= 11 is 1.11. The second-order valence-electron chi connectivity index (χ2n) is 4.93. The van der Waals surface area contributed by atoms with Gasteiger partial charge in [0.05, 0.1) is 5.69 Å². The summed E-state index contributed by atoms with van der Waals surface area (Å²) < 4.78 is 14.6. The second kappa shape index (κ2) is 6.87. The molecule has 0 spiro atoms. The third kappa shape index (κ3) is 3.27. The highest BCUT2D eigenvalue weighted by Crippen LogP contribution is 2.25. The molecule has 0 atom stereocenters. The molecule has 4 nitrogen and oxygen atoms in total. The third-order valence-electron chi connectivity index (χ3n) is 3.59. The predicted octanol–water partition coefficient (Wildman–Crippen LogP) is 2.89. The number of hydrogen-bond donors (Lipinski definition) is 0. The number of aromatic nitrogens is 1. The number of rotatable bonds is 5. The molecule has 0 N–H and O–H groups in total. The number of amides is 1. The molecule has 0 saturated heterocycles. The smallest absolute Gasteiger partial charge is 0.308 e. The summed E-state index contributed by atoms with van der Waals surface area (Å²) in [4.78, 5) is 26.8. The van der Waals surface area contributed by atoms with E-state index >= 15 is 0 Å². The van der Waals surface area contributed by atoms with E-state index in [-0.39, 0.29) is 23.1 Å². The number of hydrogen-bond acceptors (Lipinski definition) is 3. The Bertz CT molecular complexity index is 715. The van der Waals surface area contributed by atoms with E-state index < -0.39 is 0 Å². The van der Waals surface area contributed by atoms with Gasteiger partial charge in [-0.2, -0.15) is 0 Å². The number of thiazole rings is 1. The van der Waals surface area contributed by atoms with Crippen molar-refractivity contribution in [2.45, 2.75) is 27.3 Å². The Morgan fingerprint density at radius 3 is 2.36 bits per heavy atom. The van der Waals surface area contributed by atoms with Crippen LogP contribution < -0.4 is 4.87 Å². The van der Waals surface area contributed by atoms with Crippen molar-refractivity contribution in [3.8, 4) is 11.3 Å². The number of likely N-dealkylation sites (N-methyl/N-ethyl adjacent to an activating group) is 1. The highest BCUT2D eigenvalue weighted by atomic mass is 32.1. The summed E-state index contributed by atoms with van der Waals surface area (Å²) in [5.74, 6) is -0.419. The van der Waals surface area contributed by atoms with Crippen LogP contribution in [0.3, 0.4) is 0 Å². The number of aryl methyl sites for hydroxylation is 1. The van der Waals surface area contributed by atoms with Crippen molar-refractivity contribution in [2.24, 2.45) is 0 Å². The van der Waals surface area contributed by atoms with Crippen LogP contribution in [0.2, 0.25) is 0 Å². The first-order valence-corrected chi connectivity index (χ1v) is 8.03. The van der Waals surface area contributed by atoms with Crippen molar-refractivity contribution in [1.82, 2.24) is 9.47 Å². The highest BCUT2D eigenvalue weighted by Gasteiger charge is 2.18. The van der Waals surface area contributed by atoms with Crippen molar-refractivity contribution in [3.05, 3.63) is 44.6 Å². The van der Waals surface area contributed by atoms with E-state index in [9.17, 15) is 14.0 Å². The SMILES string of the molecule is CCN(CC)C(=O)Cn1c(-c2ccc(F)cc2)c(C)sc1=O. The van der Waals surface area contributed by atoms with Gasteiger partial charge in [-0.15, -0.1) is 0 Å². The highest BCUT2D eigenvalue weighted by molar-refractivity contribution is 7.09. The fourth-order valence-corrected chi connectivity index (χ4v) is 3.29. The van der Waals surface area contributed by atoms with Crippen LogP contribution in [0.4, 0.5) is 4.39 Å². The van der Waals surface area contributed by atoms with Crippen LogP contribution in [0.5, 0.6) is 0 Å². The van der Waals surface area contributed by atoms with Gasteiger partial charge in [-0.1, -0.05) is 11.3 Å². The monoisotopic (exact) mass is 322 g/mol. The van der Waals surface area contributed by atoms with Crippen molar-refractivity contribution in [2.75, 3.05) is 13.1 Å². The minimum Gasteiger partial charge on any atom is -0.342 e. The van der Waals surface area contributed by atoms with Gasteiger partial charge in [-0.05, 0) is 50.6 Å². The molecular weight excluding hydrogens is 303 g/mol. The molecule has 1 aromatic heterocycles. The average Bonchev–Trinajstić information content (AvgIpc) is 2.76. The fourth-order valence-electron chi connectivity index (χ4n) is 2.44. The quantitative estimate of drug-likeness (QED) is 0.849. The summed E-state index contributed by atoms with van der Waals surface area (Å²) in [5.41, 5.74) is 1.43. The maximum atomic E-state index is 13.1. The predicted molar refractivity (Wildman–Crippen MR) is 86.6 cm³/mol. The van der Waals surface area contributed by atoms with Crippen molar-refractivity contribution < 1.29 is 9.18 Å². The molecule has 118 valence electrons. The standard InChI is InChI=1S/C16H19FN2O2S/c1-4-18(5-2)14(20)10-19-15(11(3)22-16(19)21)12-6-8-13(17)9-7-12/h6-9H,4-5,10H2,1-3H3. The van der Waals surface area contributed by atoms with Gasteiger partial charge in [-0.25, -0.2) is 4.39 Å². The first-order valence-electron chi connectivity index (χ1n) is 7.21.